The number of amides is 3. The van der Waals surface area contributed by atoms with Crippen molar-refractivity contribution in [2.45, 2.75) is 51.1 Å². The minimum Gasteiger partial charge on any atom is -0.337 e. The summed E-state index contributed by atoms with van der Waals surface area (Å²) < 4.78 is 1.60. The second kappa shape index (κ2) is 10.2. The first-order valence-electron chi connectivity index (χ1n) is 9.77. The van der Waals surface area contributed by atoms with Crippen LogP contribution >= 0.6 is 11.8 Å². The number of benzene rings is 1. The van der Waals surface area contributed by atoms with Gasteiger partial charge in [-0.25, -0.2) is 4.79 Å². The van der Waals surface area contributed by atoms with Gasteiger partial charge in [0.1, 0.15) is 0 Å². The van der Waals surface area contributed by atoms with Gasteiger partial charge >= 0.3 is 6.03 Å². The zero-order chi connectivity index (χ0) is 20.6. The van der Waals surface area contributed by atoms with Crippen LogP contribution in [0.25, 0.3) is 5.69 Å². The van der Waals surface area contributed by atoms with Crippen molar-refractivity contribution in [1.82, 2.24) is 30.8 Å². The van der Waals surface area contributed by atoms with Gasteiger partial charge in [-0.05, 0) is 68.0 Å². The summed E-state index contributed by atoms with van der Waals surface area (Å²) in [5.41, 5.74) is 4.43. The van der Waals surface area contributed by atoms with Crippen LogP contribution in [0.15, 0.2) is 35.0 Å². The highest BCUT2D eigenvalue weighted by Crippen LogP contribution is 2.21. The third kappa shape index (κ3) is 6.15. The first-order chi connectivity index (χ1) is 14.0. The van der Waals surface area contributed by atoms with Crippen molar-refractivity contribution in [3.8, 4) is 5.69 Å². The Morgan fingerprint density at radius 2 is 2.10 bits per heavy atom. The molecule has 0 saturated heterocycles. The summed E-state index contributed by atoms with van der Waals surface area (Å²) in [6.07, 6.45) is 7.78. The third-order valence-corrected chi connectivity index (χ3v) is 5.64. The second-order valence-corrected chi connectivity index (χ2v) is 8.06. The molecule has 0 radical (unpaired) electrons. The average molecular weight is 415 g/mol. The van der Waals surface area contributed by atoms with E-state index in [1.165, 1.54) is 30.2 Å². The van der Waals surface area contributed by atoms with Crippen LogP contribution in [0.3, 0.4) is 0 Å². The van der Waals surface area contributed by atoms with Crippen molar-refractivity contribution in [2.24, 2.45) is 0 Å². The smallest absolute Gasteiger partial charge is 0.321 e. The van der Waals surface area contributed by atoms with Crippen LogP contribution in [-0.2, 0) is 4.79 Å². The third-order valence-electron chi connectivity index (χ3n) is 4.72. The number of hydrogen-bond donors (Lipinski definition) is 2. The van der Waals surface area contributed by atoms with Crippen molar-refractivity contribution < 1.29 is 9.59 Å². The number of carbonyl (C=O) groups is 2. The minimum atomic E-state index is -0.471. The molecule has 8 nitrogen and oxygen atoms in total. The maximum Gasteiger partial charge on any atom is 0.321 e. The van der Waals surface area contributed by atoms with E-state index in [4.69, 9.17) is 0 Å². The number of nitrogens with zero attached hydrogens (tertiary/aromatic N) is 4. The molecule has 0 aliphatic heterocycles. The molecule has 0 bridgehead atoms. The topological polar surface area (TPSA) is 102 Å². The molecule has 1 aliphatic carbocycles. The number of aryl methyl sites for hydroxylation is 2. The Labute approximate surface area is 174 Å². The number of nitrogens with one attached hydrogen (secondary N) is 2. The molecule has 0 spiro atoms. The second-order valence-electron chi connectivity index (χ2n) is 7.11. The molecule has 1 heterocycles. The van der Waals surface area contributed by atoms with E-state index in [0.29, 0.717) is 11.7 Å². The summed E-state index contributed by atoms with van der Waals surface area (Å²) in [7, 11) is 0. The molecule has 1 aromatic heterocycles. The van der Waals surface area contributed by atoms with Gasteiger partial charge in [0.25, 0.3) is 0 Å². The Hall–Kier alpha value is -2.68. The molecule has 1 aliphatic rings. The normalized spacial score (nSPS) is 13.7. The van der Waals surface area contributed by atoms with Crippen LogP contribution in [-0.4, -0.2) is 44.4 Å². The van der Waals surface area contributed by atoms with E-state index in [1.54, 1.807) is 4.68 Å². The Balaban J connectivity index is 1.45. The molecule has 29 heavy (non-hydrogen) atoms. The standard InChI is InChI=1S/C20H26N6O2S/c1-14-8-9-17(15(2)12-14)26-20(23-24-25-26)29-13-18(27)22-19(28)21-11-10-16-6-4-3-5-7-16/h6,8-9,12H,3-5,7,10-11,13H2,1-2H3,(H2,21,22,27,28). The fourth-order valence-corrected chi connectivity index (χ4v) is 3.95. The van der Waals surface area contributed by atoms with Crippen LogP contribution in [0, 0.1) is 13.8 Å². The van der Waals surface area contributed by atoms with Crippen LogP contribution in [0.2, 0.25) is 0 Å². The van der Waals surface area contributed by atoms with Crippen LogP contribution in [0.4, 0.5) is 4.79 Å². The lowest BCUT2D eigenvalue weighted by Gasteiger charge is -2.13. The van der Waals surface area contributed by atoms with Gasteiger partial charge in [0, 0.05) is 6.54 Å². The number of hydrogen-bond acceptors (Lipinski definition) is 6. The highest BCUT2D eigenvalue weighted by Gasteiger charge is 2.14. The van der Waals surface area contributed by atoms with Gasteiger partial charge in [-0.3, -0.25) is 10.1 Å². The predicted octanol–water partition coefficient (Wildman–Crippen LogP) is 3.09. The monoisotopic (exact) mass is 414 g/mol. The molecule has 0 fully saturated rings. The number of rotatable bonds is 7. The SMILES string of the molecule is Cc1ccc(-n2nnnc2SCC(=O)NC(=O)NCCC2=CCCCC2)c(C)c1. The molecule has 2 N–H and O–H groups in total. The Morgan fingerprint density at radius 3 is 2.86 bits per heavy atom. The molecule has 0 saturated carbocycles. The summed E-state index contributed by atoms with van der Waals surface area (Å²) in [4.78, 5) is 24.0. The quantitative estimate of drug-likeness (QED) is 0.533. The molecule has 154 valence electrons. The van der Waals surface area contributed by atoms with Gasteiger partial charge in [0.15, 0.2) is 0 Å². The zero-order valence-corrected chi connectivity index (χ0v) is 17.6. The largest absolute Gasteiger partial charge is 0.337 e. The summed E-state index contributed by atoms with van der Waals surface area (Å²) in [6, 6.07) is 5.51. The highest BCUT2D eigenvalue weighted by molar-refractivity contribution is 7.99. The molecular weight excluding hydrogens is 388 g/mol. The minimum absolute atomic E-state index is 0.0455. The Kier molecular flexibility index (Phi) is 7.40. The first kappa shape index (κ1) is 21.0. The van der Waals surface area contributed by atoms with E-state index < -0.39 is 6.03 Å². The van der Waals surface area contributed by atoms with Crippen LogP contribution in [0.1, 0.15) is 43.2 Å². The van der Waals surface area contributed by atoms with Gasteiger partial charge in [0.2, 0.25) is 11.1 Å². The lowest BCUT2D eigenvalue weighted by Crippen LogP contribution is -2.40. The number of imide groups is 1. The molecule has 2 aromatic rings. The lowest BCUT2D eigenvalue weighted by molar-refractivity contribution is -0.117. The van der Waals surface area contributed by atoms with E-state index in [2.05, 4.69) is 32.2 Å². The fraction of sp³-hybridized carbons (Fsp3) is 0.450. The fourth-order valence-electron chi connectivity index (χ4n) is 3.27. The summed E-state index contributed by atoms with van der Waals surface area (Å²) in [5, 5.41) is 17.3. The van der Waals surface area contributed by atoms with E-state index in [0.717, 1.165) is 36.1 Å². The Morgan fingerprint density at radius 1 is 1.24 bits per heavy atom. The van der Waals surface area contributed by atoms with E-state index >= 15 is 0 Å². The summed E-state index contributed by atoms with van der Waals surface area (Å²) in [6.45, 7) is 4.54. The van der Waals surface area contributed by atoms with Gasteiger partial charge in [-0.15, -0.1) is 5.10 Å². The number of carbonyl (C=O) groups excluding carboxylic acids is 2. The summed E-state index contributed by atoms with van der Waals surface area (Å²) >= 11 is 1.18. The van der Waals surface area contributed by atoms with Crippen molar-refractivity contribution >= 4 is 23.7 Å². The molecule has 0 atom stereocenters. The number of allylic oxidation sites excluding steroid dienone is 1. The van der Waals surface area contributed by atoms with E-state index in [9.17, 15) is 9.59 Å². The van der Waals surface area contributed by atoms with Gasteiger partial charge < -0.3 is 5.32 Å². The lowest BCUT2D eigenvalue weighted by atomic mass is 9.97. The van der Waals surface area contributed by atoms with Crippen molar-refractivity contribution in [3.63, 3.8) is 0 Å². The molecule has 9 heteroatoms. The highest BCUT2D eigenvalue weighted by atomic mass is 32.2. The van der Waals surface area contributed by atoms with Gasteiger partial charge in [-0.1, -0.05) is 41.1 Å². The molecular formula is C20H26N6O2S. The number of thioether (sulfide) groups is 1. The first-order valence-corrected chi connectivity index (χ1v) is 10.8. The predicted molar refractivity (Wildman–Crippen MR) is 112 cm³/mol. The maximum absolute atomic E-state index is 12.1. The molecule has 3 amide bonds. The zero-order valence-electron chi connectivity index (χ0n) is 16.8. The van der Waals surface area contributed by atoms with Gasteiger partial charge in [-0.2, -0.15) is 4.68 Å². The summed E-state index contributed by atoms with van der Waals surface area (Å²) in [5.74, 6) is -0.344. The van der Waals surface area contributed by atoms with E-state index in [1.807, 2.05) is 32.0 Å². The molecule has 3 rings (SSSR count). The molecule has 0 unspecified atom stereocenters. The number of aromatic nitrogens is 4. The average Bonchev–Trinajstić information content (AvgIpc) is 3.15. The van der Waals surface area contributed by atoms with Crippen molar-refractivity contribution in [1.29, 1.82) is 0 Å². The van der Waals surface area contributed by atoms with Gasteiger partial charge in [0.05, 0.1) is 11.4 Å². The number of urea groups is 1. The van der Waals surface area contributed by atoms with Crippen molar-refractivity contribution in [3.05, 3.63) is 41.0 Å². The maximum atomic E-state index is 12.1. The Bertz CT molecular complexity index is 908. The molecule has 1 aromatic carbocycles. The van der Waals surface area contributed by atoms with Crippen LogP contribution in [0.5, 0.6) is 0 Å². The number of tetrazole rings is 1. The van der Waals surface area contributed by atoms with Crippen molar-refractivity contribution in [2.75, 3.05) is 12.3 Å². The van der Waals surface area contributed by atoms with Crippen LogP contribution < -0.4 is 10.6 Å². The van der Waals surface area contributed by atoms with E-state index in [-0.39, 0.29) is 11.7 Å².